The molecule has 1 aliphatic rings. The highest BCUT2D eigenvalue weighted by Crippen LogP contribution is 2.23. The Morgan fingerprint density at radius 1 is 1.41 bits per heavy atom. The number of nitrogens with zero attached hydrogens (tertiary/aromatic N) is 1. The van der Waals surface area contributed by atoms with Crippen LogP contribution in [0.4, 0.5) is 4.39 Å². The summed E-state index contributed by atoms with van der Waals surface area (Å²) in [6.45, 7) is 4.41. The second-order valence-corrected chi connectivity index (χ2v) is 5.99. The lowest BCUT2D eigenvalue weighted by Gasteiger charge is -2.36. The van der Waals surface area contributed by atoms with Gasteiger partial charge in [0.05, 0.1) is 6.61 Å². The predicted octanol–water partition coefficient (Wildman–Crippen LogP) is 2.32. The Morgan fingerprint density at radius 2 is 2.18 bits per heavy atom. The van der Waals surface area contributed by atoms with Crippen LogP contribution < -0.4 is 5.73 Å². The molecule has 1 aliphatic heterocycles. The molecule has 22 heavy (non-hydrogen) atoms. The van der Waals surface area contributed by atoms with Crippen LogP contribution in [0.2, 0.25) is 0 Å². The molecule has 0 spiro atoms. The maximum absolute atomic E-state index is 13.8. The summed E-state index contributed by atoms with van der Waals surface area (Å²) in [5.74, 6) is 0.0342. The Bertz CT molecular complexity index is 495. The van der Waals surface area contributed by atoms with E-state index in [9.17, 15) is 9.18 Å². The predicted molar refractivity (Wildman–Crippen MR) is 83.6 cm³/mol. The van der Waals surface area contributed by atoms with Gasteiger partial charge in [-0.1, -0.05) is 18.2 Å². The van der Waals surface area contributed by atoms with Gasteiger partial charge in [0.25, 0.3) is 0 Å². The number of piperidine rings is 1. The van der Waals surface area contributed by atoms with Crippen LogP contribution in [0.5, 0.6) is 0 Å². The molecular formula is C17H25FN2O2. The first-order valence-electron chi connectivity index (χ1n) is 7.95. The average Bonchev–Trinajstić information content (AvgIpc) is 2.47. The number of likely N-dealkylation sites (tertiary alicyclic amines) is 1. The van der Waals surface area contributed by atoms with E-state index in [2.05, 4.69) is 4.90 Å². The van der Waals surface area contributed by atoms with Gasteiger partial charge in [-0.05, 0) is 31.7 Å². The largest absolute Gasteiger partial charge is 0.466 e. The number of nitrogens with two attached hydrogens (primary N) is 1. The van der Waals surface area contributed by atoms with Crippen LogP contribution in [0.15, 0.2) is 24.3 Å². The number of ether oxygens (including phenoxy) is 1. The van der Waals surface area contributed by atoms with Crippen LogP contribution in [0, 0.1) is 11.7 Å². The number of carbonyl (C=O) groups excluding carboxylic acids is 1. The summed E-state index contributed by atoms with van der Waals surface area (Å²) in [6.07, 6.45) is 2.12. The Morgan fingerprint density at radius 3 is 2.91 bits per heavy atom. The molecular weight excluding hydrogens is 283 g/mol. The summed E-state index contributed by atoms with van der Waals surface area (Å²) in [6, 6.07) is 6.91. The van der Waals surface area contributed by atoms with Gasteiger partial charge in [-0.15, -0.1) is 0 Å². The number of hydrogen-bond acceptors (Lipinski definition) is 4. The number of benzene rings is 1. The first-order chi connectivity index (χ1) is 10.6. The zero-order valence-corrected chi connectivity index (χ0v) is 13.1. The van der Waals surface area contributed by atoms with E-state index < -0.39 is 0 Å². The minimum absolute atomic E-state index is 0.0766. The summed E-state index contributed by atoms with van der Waals surface area (Å²) in [5, 5.41) is 0. The van der Waals surface area contributed by atoms with Crippen molar-refractivity contribution < 1.29 is 13.9 Å². The van der Waals surface area contributed by atoms with Crippen LogP contribution in [0.3, 0.4) is 0 Å². The summed E-state index contributed by atoms with van der Waals surface area (Å²) in [7, 11) is 0. The molecule has 0 bridgehead atoms. The molecule has 1 saturated heterocycles. The normalized spacial score (nSPS) is 22.5. The number of hydrogen-bond donors (Lipinski definition) is 1. The summed E-state index contributed by atoms with van der Waals surface area (Å²) >= 11 is 0. The van der Waals surface area contributed by atoms with Gasteiger partial charge in [-0.25, -0.2) is 4.39 Å². The molecule has 0 radical (unpaired) electrons. The minimum atomic E-state index is -0.176. The second kappa shape index (κ2) is 8.25. The van der Waals surface area contributed by atoms with Crippen molar-refractivity contribution in [1.29, 1.82) is 0 Å². The standard InChI is InChI=1S/C17H25FN2O2/c1-2-22-17(21)8-7-13-9-15(19)12-20(10-13)11-14-5-3-4-6-16(14)18/h3-6,13,15H,2,7-12,19H2,1H3. The molecule has 2 N–H and O–H groups in total. The molecule has 122 valence electrons. The molecule has 1 aromatic rings. The molecule has 0 amide bonds. The first kappa shape index (κ1) is 16.9. The third-order valence-corrected chi connectivity index (χ3v) is 4.06. The van der Waals surface area contributed by atoms with Gasteiger partial charge in [-0.2, -0.15) is 0 Å². The van der Waals surface area contributed by atoms with Gasteiger partial charge in [0, 0.05) is 37.7 Å². The van der Waals surface area contributed by atoms with E-state index in [0.717, 1.165) is 25.9 Å². The highest BCUT2D eigenvalue weighted by Gasteiger charge is 2.26. The van der Waals surface area contributed by atoms with E-state index in [1.807, 2.05) is 19.1 Å². The molecule has 4 nitrogen and oxygen atoms in total. The minimum Gasteiger partial charge on any atom is -0.466 e. The second-order valence-electron chi connectivity index (χ2n) is 5.99. The summed E-state index contributed by atoms with van der Waals surface area (Å²) in [4.78, 5) is 13.7. The van der Waals surface area contributed by atoms with E-state index in [-0.39, 0.29) is 17.8 Å². The van der Waals surface area contributed by atoms with E-state index in [0.29, 0.717) is 31.1 Å². The number of carbonyl (C=O) groups is 1. The smallest absolute Gasteiger partial charge is 0.305 e. The van der Waals surface area contributed by atoms with Crippen molar-refractivity contribution in [2.75, 3.05) is 19.7 Å². The van der Waals surface area contributed by atoms with Gasteiger partial charge in [0.2, 0.25) is 0 Å². The van der Waals surface area contributed by atoms with Crippen molar-refractivity contribution in [1.82, 2.24) is 4.90 Å². The molecule has 5 heteroatoms. The Balaban J connectivity index is 1.88. The zero-order valence-electron chi connectivity index (χ0n) is 13.1. The number of rotatable bonds is 6. The lowest BCUT2D eigenvalue weighted by atomic mass is 9.90. The fraction of sp³-hybridized carbons (Fsp3) is 0.588. The van der Waals surface area contributed by atoms with Crippen molar-refractivity contribution >= 4 is 5.97 Å². The molecule has 1 fully saturated rings. The van der Waals surface area contributed by atoms with Crippen molar-refractivity contribution in [3.8, 4) is 0 Å². The molecule has 0 saturated carbocycles. The molecule has 2 unspecified atom stereocenters. The molecule has 0 aromatic heterocycles. The van der Waals surface area contributed by atoms with Crippen molar-refractivity contribution in [3.05, 3.63) is 35.6 Å². The van der Waals surface area contributed by atoms with Crippen LogP contribution in [0.1, 0.15) is 31.7 Å². The van der Waals surface area contributed by atoms with Crippen LogP contribution in [-0.2, 0) is 16.1 Å². The van der Waals surface area contributed by atoms with Gasteiger partial charge in [0.15, 0.2) is 0 Å². The number of esters is 1. The van der Waals surface area contributed by atoms with E-state index >= 15 is 0 Å². The molecule has 1 aromatic carbocycles. The third-order valence-electron chi connectivity index (χ3n) is 4.06. The van der Waals surface area contributed by atoms with Gasteiger partial charge >= 0.3 is 5.97 Å². The molecule has 0 aliphatic carbocycles. The summed E-state index contributed by atoms with van der Waals surface area (Å²) < 4.78 is 18.7. The average molecular weight is 308 g/mol. The Kier molecular flexibility index (Phi) is 6.34. The quantitative estimate of drug-likeness (QED) is 0.820. The SMILES string of the molecule is CCOC(=O)CCC1CC(N)CN(Cc2ccccc2F)C1. The van der Waals surface area contributed by atoms with Gasteiger partial charge in [-0.3, -0.25) is 9.69 Å². The Hall–Kier alpha value is -1.46. The zero-order chi connectivity index (χ0) is 15.9. The van der Waals surface area contributed by atoms with Crippen molar-refractivity contribution in [2.45, 2.75) is 38.8 Å². The molecule has 1 heterocycles. The molecule has 2 atom stereocenters. The van der Waals surface area contributed by atoms with E-state index in [1.165, 1.54) is 6.07 Å². The highest BCUT2D eigenvalue weighted by molar-refractivity contribution is 5.69. The van der Waals surface area contributed by atoms with E-state index in [4.69, 9.17) is 10.5 Å². The van der Waals surface area contributed by atoms with Crippen molar-refractivity contribution in [3.63, 3.8) is 0 Å². The fourth-order valence-electron chi connectivity index (χ4n) is 3.11. The monoisotopic (exact) mass is 308 g/mol. The van der Waals surface area contributed by atoms with Gasteiger partial charge < -0.3 is 10.5 Å². The maximum atomic E-state index is 13.8. The van der Waals surface area contributed by atoms with Crippen molar-refractivity contribution in [2.24, 2.45) is 11.7 Å². The van der Waals surface area contributed by atoms with Crippen LogP contribution in [-0.4, -0.2) is 36.6 Å². The highest BCUT2D eigenvalue weighted by atomic mass is 19.1. The third kappa shape index (κ3) is 5.07. The van der Waals surface area contributed by atoms with E-state index in [1.54, 1.807) is 6.07 Å². The fourth-order valence-corrected chi connectivity index (χ4v) is 3.11. The topological polar surface area (TPSA) is 55.6 Å². The first-order valence-corrected chi connectivity index (χ1v) is 7.95. The number of halogens is 1. The Labute approximate surface area is 131 Å². The van der Waals surface area contributed by atoms with Crippen LogP contribution in [0.25, 0.3) is 0 Å². The lowest BCUT2D eigenvalue weighted by molar-refractivity contribution is -0.143. The summed E-state index contributed by atoms with van der Waals surface area (Å²) in [5.41, 5.74) is 6.82. The van der Waals surface area contributed by atoms with Crippen LogP contribution >= 0.6 is 0 Å². The lowest BCUT2D eigenvalue weighted by Crippen LogP contribution is -2.46. The van der Waals surface area contributed by atoms with Gasteiger partial charge in [0.1, 0.15) is 5.82 Å². The maximum Gasteiger partial charge on any atom is 0.305 e. The molecule has 2 rings (SSSR count).